The fourth-order valence-electron chi connectivity index (χ4n) is 1.21. The summed E-state index contributed by atoms with van der Waals surface area (Å²) >= 11 is 1.70. The van der Waals surface area contributed by atoms with Crippen molar-refractivity contribution in [2.75, 3.05) is 5.75 Å². The molecule has 0 aliphatic carbocycles. The highest BCUT2D eigenvalue weighted by Crippen LogP contribution is 2.24. The maximum absolute atomic E-state index is 9.60. The van der Waals surface area contributed by atoms with Gasteiger partial charge < -0.3 is 5.11 Å². The Kier molecular flexibility index (Phi) is 4.23. The molecule has 0 aliphatic heterocycles. The van der Waals surface area contributed by atoms with E-state index in [0.717, 1.165) is 5.75 Å². The van der Waals surface area contributed by atoms with Crippen molar-refractivity contribution in [3.05, 3.63) is 29.8 Å². The number of aliphatic hydroxyl groups is 1. The van der Waals surface area contributed by atoms with E-state index >= 15 is 0 Å². The molecule has 0 saturated heterocycles. The number of rotatable bonds is 4. The zero-order chi connectivity index (χ0) is 11.5. The minimum absolute atomic E-state index is 0.582. The Morgan fingerprint density at radius 1 is 1.20 bits per heavy atom. The lowest BCUT2D eigenvalue weighted by Crippen LogP contribution is -2.21. The van der Waals surface area contributed by atoms with Gasteiger partial charge in [-0.1, -0.05) is 26.0 Å². The van der Waals surface area contributed by atoms with Gasteiger partial charge in [0.2, 0.25) is 0 Å². The van der Waals surface area contributed by atoms with Gasteiger partial charge in [0.25, 0.3) is 0 Å². The van der Waals surface area contributed by atoms with Crippen molar-refractivity contribution in [3.8, 4) is 0 Å². The normalized spacial score (nSPS) is 12.1. The summed E-state index contributed by atoms with van der Waals surface area (Å²) < 4.78 is 0. The first-order valence-corrected chi connectivity index (χ1v) is 6.32. The zero-order valence-corrected chi connectivity index (χ0v) is 10.8. The van der Waals surface area contributed by atoms with Gasteiger partial charge in [-0.05, 0) is 37.5 Å². The molecule has 0 aliphatic rings. The molecule has 0 saturated carbocycles. The molecule has 1 aromatic rings. The van der Waals surface area contributed by atoms with Gasteiger partial charge in [-0.3, -0.25) is 0 Å². The molecule has 1 N–H and O–H groups in total. The van der Waals surface area contributed by atoms with E-state index in [4.69, 9.17) is 0 Å². The summed E-state index contributed by atoms with van der Waals surface area (Å²) in [5.74, 6) is 1.31. The third-order valence-electron chi connectivity index (χ3n) is 2.14. The molecule has 0 aromatic heterocycles. The van der Waals surface area contributed by atoms with Crippen molar-refractivity contribution in [2.24, 2.45) is 0 Å². The van der Waals surface area contributed by atoms with Crippen molar-refractivity contribution in [3.63, 3.8) is 0 Å². The smallest absolute Gasteiger partial charge is 0.0685 e. The molecule has 0 amide bonds. The topological polar surface area (TPSA) is 20.2 Å². The number of hydrogen-bond donors (Lipinski definition) is 1. The second kappa shape index (κ2) is 5.04. The number of thioether (sulfide) groups is 1. The van der Waals surface area contributed by atoms with Crippen molar-refractivity contribution >= 4 is 11.8 Å². The molecule has 1 nitrogen and oxygen atoms in total. The van der Waals surface area contributed by atoms with Crippen LogP contribution in [0.15, 0.2) is 29.2 Å². The maximum Gasteiger partial charge on any atom is 0.0685 e. The molecule has 0 radical (unpaired) electrons. The van der Waals surface area contributed by atoms with E-state index < -0.39 is 5.60 Å². The highest BCUT2D eigenvalue weighted by molar-refractivity contribution is 7.99. The number of benzene rings is 1. The van der Waals surface area contributed by atoms with E-state index in [-0.39, 0.29) is 0 Å². The third-order valence-corrected chi connectivity index (χ3v) is 3.60. The van der Waals surface area contributed by atoms with Gasteiger partial charge in [0, 0.05) is 10.6 Å². The van der Waals surface area contributed by atoms with Crippen LogP contribution in [0.5, 0.6) is 0 Å². The highest BCUT2D eigenvalue weighted by Gasteiger charge is 2.12. The average Bonchev–Trinajstić information content (AvgIpc) is 2.14. The van der Waals surface area contributed by atoms with E-state index in [9.17, 15) is 5.11 Å². The van der Waals surface area contributed by atoms with Crippen molar-refractivity contribution in [1.82, 2.24) is 0 Å². The minimum atomic E-state index is -0.596. The summed E-state index contributed by atoms with van der Waals surface area (Å²) in [6.45, 7) is 8.06. The van der Waals surface area contributed by atoms with Crippen molar-refractivity contribution < 1.29 is 5.11 Å². The van der Waals surface area contributed by atoms with Gasteiger partial charge in [0.1, 0.15) is 0 Å². The van der Waals surface area contributed by atoms with Crippen LogP contribution in [0.1, 0.15) is 39.2 Å². The molecule has 0 atom stereocenters. The SMILES string of the molecule is CC(C)c1ccc(SCC(C)(C)O)cc1. The van der Waals surface area contributed by atoms with Crippen LogP contribution < -0.4 is 0 Å². The first-order chi connectivity index (χ1) is 6.88. The molecule has 2 heteroatoms. The van der Waals surface area contributed by atoms with Crippen LogP contribution in [-0.2, 0) is 0 Å². The zero-order valence-electron chi connectivity index (χ0n) is 9.95. The van der Waals surface area contributed by atoms with Gasteiger partial charge in [-0.25, -0.2) is 0 Å². The Balaban J connectivity index is 2.57. The first-order valence-electron chi connectivity index (χ1n) is 5.33. The van der Waals surface area contributed by atoms with Gasteiger partial charge >= 0.3 is 0 Å². The lowest BCUT2D eigenvalue weighted by Gasteiger charge is -2.16. The average molecular weight is 224 g/mol. The lowest BCUT2D eigenvalue weighted by molar-refractivity contribution is 0.107. The predicted molar refractivity (Wildman–Crippen MR) is 67.6 cm³/mol. The Morgan fingerprint density at radius 3 is 2.13 bits per heavy atom. The van der Waals surface area contributed by atoms with E-state index in [1.165, 1.54) is 10.5 Å². The van der Waals surface area contributed by atoms with E-state index in [1.54, 1.807) is 11.8 Å². The van der Waals surface area contributed by atoms with Crippen LogP contribution in [0.4, 0.5) is 0 Å². The molecule has 15 heavy (non-hydrogen) atoms. The van der Waals surface area contributed by atoms with Crippen LogP contribution in [0.3, 0.4) is 0 Å². The Morgan fingerprint density at radius 2 is 1.73 bits per heavy atom. The molecule has 0 heterocycles. The van der Waals surface area contributed by atoms with E-state index in [1.807, 2.05) is 13.8 Å². The highest BCUT2D eigenvalue weighted by atomic mass is 32.2. The van der Waals surface area contributed by atoms with Crippen LogP contribution in [0, 0.1) is 0 Å². The van der Waals surface area contributed by atoms with Gasteiger partial charge in [0.05, 0.1) is 5.60 Å². The lowest BCUT2D eigenvalue weighted by atomic mass is 10.0. The molecule has 0 bridgehead atoms. The van der Waals surface area contributed by atoms with Gasteiger partial charge in [0.15, 0.2) is 0 Å². The number of hydrogen-bond acceptors (Lipinski definition) is 2. The van der Waals surface area contributed by atoms with Crippen LogP contribution in [0.25, 0.3) is 0 Å². The maximum atomic E-state index is 9.60. The summed E-state index contributed by atoms with van der Waals surface area (Å²) in [6.07, 6.45) is 0. The molecule has 84 valence electrons. The van der Waals surface area contributed by atoms with Crippen LogP contribution in [-0.4, -0.2) is 16.5 Å². The second-order valence-corrected chi connectivity index (χ2v) is 5.87. The fourth-order valence-corrected chi connectivity index (χ4v) is 2.06. The largest absolute Gasteiger partial charge is 0.390 e. The van der Waals surface area contributed by atoms with Crippen LogP contribution in [0.2, 0.25) is 0 Å². The summed E-state index contributed by atoms with van der Waals surface area (Å²) in [5, 5.41) is 9.60. The minimum Gasteiger partial charge on any atom is -0.390 e. The summed E-state index contributed by atoms with van der Waals surface area (Å²) in [6, 6.07) is 8.59. The van der Waals surface area contributed by atoms with Crippen molar-refractivity contribution in [2.45, 2.75) is 44.1 Å². The molecule has 0 spiro atoms. The molecular formula is C13H20OS. The predicted octanol–water partition coefficient (Wildman–Crippen LogP) is 3.67. The van der Waals surface area contributed by atoms with Crippen molar-refractivity contribution in [1.29, 1.82) is 0 Å². The Hall–Kier alpha value is -0.470. The first kappa shape index (κ1) is 12.6. The van der Waals surface area contributed by atoms with E-state index in [2.05, 4.69) is 38.1 Å². The molecule has 0 unspecified atom stereocenters. The molecule has 0 fully saturated rings. The molecule has 1 aromatic carbocycles. The van der Waals surface area contributed by atoms with E-state index in [0.29, 0.717) is 5.92 Å². The molecule has 1 rings (SSSR count). The standard InChI is InChI=1S/C13H20OS/c1-10(2)11-5-7-12(8-6-11)15-9-13(3,4)14/h5-8,10,14H,9H2,1-4H3. The molecular weight excluding hydrogens is 204 g/mol. The Bertz CT molecular complexity index is 295. The third kappa shape index (κ3) is 4.72. The quantitative estimate of drug-likeness (QED) is 0.787. The monoisotopic (exact) mass is 224 g/mol. The summed E-state index contributed by atoms with van der Waals surface area (Å²) in [7, 11) is 0. The second-order valence-electron chi connectivity index (χ2n) is 4.82. The Labute approximate surface area is 96.9 Å². The van der Waals surface area contributed by atoms with Gasteiger partial charge in [-0.15, -0.1) is 11.8 Å². The van der Waals surface area contributed by atoms with Crippen LogP contribution >= 0.6 is 11.8 Å². The fraction of sp³-hybridized carbons (Fsp3) is 0.538. The summed E-state index contributed by atoms with van der Waals surface area (Å²) in [4.78, 5) is 1.22. The van der Waals surface area contributed by atoms with Gasteiger partial charge in [-0.2, -0.15) is 0 Å². The summed E-state index contributed by atoms with van der Waals surface area (Å²) in [5.41, 5.74) is 0.768.